The Morgan fingerprint density at radius 3 is 2.96 bits per heavy atom. The van der Waals surface area contributed by atoms with Gasteiger partial charge in [-0.05, 0) is 56.0 Å². The van der Waals surface area contributed by atoms with Gasteiger partial charge in [-0.15, -0.1) is 5.10 Å². The molecule has 7 heteroatoms. The first-order chi connectivity index (χ1) is 13.1. The van der Waals surface area contributed by atoms with Gasteiger partial charge in [-0.1, -0.05) is 23.7 Å². The van der Waals surface area contributed by atoms with Crippen molar-refractivity contribution in [3.63, 3.8) is 0 Å². The van der Waals surface area contributed by atoms with E-state index in [0.717, 1.165) is 42.3 Å². The number of hydrogen-bond acceptors (Lipinski definition) is 4. The summed E-state index contributed by atoms with van der Waals surface area (Å²) < 4.78 is 0. The number of nitrogens with one attached hydrogen (secondary N) is 1. The number of rotatable bonds is 6. The molecule has 2 amide bonds. The van der Waals surface area contributed by atoms with Gasteiger partial charge in [0.05, 0.1) is 6.04 Å². The molecule has 6 nitrogen and oxygen atoms in total. The summed E-state index contributed by atoms with van der Waals surface area (Å²) >= 11 is 6.07. The van der Waals surface area contributed by atoms with E-state index >= 15 is 0 Å². The van der Waals surface area contributed by atoms with Gasteiger partial charge in [0.1, 0.15) is 0 Å². The summed E-state index contributed by atoms with van der Waals surface area (Å²) in [4.78, 5) is 16.8. The molecule has 1 N–H and O–H groups in total. The normalized spacial score (nSPS) is 16.4. The maximum absolute atomic E-state index is 12.7. The highest BCUT2D eigenvalue weighted by atomic mass is 35.5. The van der Waals surface area contributed by atoms with Crippen molar-refractivity contribution >= 4 is 23.4 Å². The maximum Gasteiger partial charge on any atom is 0.317 e. The molecule has 0 radical (unpaired) electrons. The van der Waals surface area contributed by atoms with Gasteiger partial charge in [0.25, 0.3) is 0 Å². The lowest BCUT2D eigenvalue weighted by Crippen LogP contribution is -2.47. The van der Waals surface area contributed by atoms with Gasteiger partial charge in [0.15, 0.2) is 5.82 Å². The summed E-state index contributed by atoms with van der Waals surface area (Å²) in [6, 6.07) is 10.0. The lowest BCUT2D eigenvalue weighted by Gasteiger charge is -2.28. The molecule has 144 valence electrons. The average molecular weight is 388 g/mol. The van der Waals surface area contributed by atoms with Crippen LogP contribution in [0.1, 0.15) is 24.5 Å². The minimum absolute atomic E-state index is 0.00539. The molecule has 1 atom stereocenters. The lowest BCUT2D eigenvalue weighted by molar-refractivity contribution is 0.183. The first kappa shape index (κ1) is 19.4. The van der Waals surface area contributed by atoms with Gasteiger partial charge in [0.2, 0.25) is 0 Å². The molecule has 2 heterocycles. The second-order valence-corrected chi connectivity index (χ2v) is 7.23. The van der Waals surface area contributed by atoms with Gasteiger partial charge in [-0.25, -0.2) is 4.79 Å². The molecule has 0 spiro atoms. The Kier molecular flexibility index (Phi) is 6.50. The van der Waals surface area contributed by atoms with E-state index in [-0.39, 0.29) is 12.1 Å². The van der Waals surface area contributed by atoms with Crippen molar-refractivity contribution in [1.82, 2.24) is 20.4 Å². The Labute approximate surface area is 165 Å². The number of carbonyl (C=O) groups is 1. The maximum atomic E-state index is 12.7. The fraction of sp³-hybridized carbons (Fsp3) is 0.450. The Morgan fingerprint density at radius 2 is 2.26 bits per heavy atom. The molecular weight excluding hydrogens is 362 g/mol. The number of carbonyl (C=O) groups excluding carboxylic acids is 1. The van der Waals surface area contributed by atoms with E-state index in [4.69, 9.17) is 11.6 Å². The number of amides is 2. The van der Waals surface area contributed by atoms with Crippen LogP contribution in [0, 0.1) is 6.92 Å². The predicted molar refractivity (Wildman–Crippen MR) is 108 cm³/mol. The van der Waals surface area contributed by atoms with Crippen LogP contribution in [0.15, 0.2) is 36.5 Å². The predicted octanol–water partition coefficient (Wildman–Crippen LogP) is 3.29. The van der Waals surface area contributed by atoms with Crippen molar-refractivity contribution in [2.75, 3.05) is 31.1 Å². The second-order valence-electron chi connectivity index (χ2n) is 6.82. The zero-order chi connectivity index (χ0) is 19.2. The number of aryl methyl sites for hydroxylation is 1. The van der Waals surface area contributed by atoms with Crippen molar-refractivity contribution < 1.29 is 4.79 Å². The molecule has 0 unspecified atom stereocenters. The van der Waals surface area contributed by atoms with E-state index in [1.807, 2.05) is 43.0 Å². The summed E-state index contributed by atoms with van der Waals surface area (Å²) in [5.41, 5.74) is 2.24. The molecule has 1 fully saturated rings. The van der Waals surface area contributed by atoms with Crippen LogP contribution in [0.2, 0.25) is 5.02 Å². The molecule has 3 rings (SSSR count). The third kappa shape index (κ3) is 4.89. The number of halogens is 1. The van der Waals surface area contributed by atoms with E-state index in [9.17, 15) is 4.79 Å². The summed E-state index contributed by atoms with van der Waals surface area (Å²) in [5, 5.41) is 11.9. The van der Waals surface area contributed by atoms with E-state index < -0.39 is 0 Å². The van der Waals surface area contributed by atoms with E-state index in [1.54, 1.807) is 6.20 Å². The van der Waals surface area contributed by atoms with Crippen LogP contribution in [0.4, 0.5) is 10.6 Å². The Morgan fingerprint density at radius 1 is 1.41 bits per heavy atom. The Balaban J connectivity index is 1.51. The average Bonchev–Trinajstić information content (AvgIpc) is 3.16. The van der Waals surface area contributed by atoms with Crippen LogP contribution in [-0.2, 0) is 6.42 Å². The number of nitrogens with zero attached hydrogens (tertiary/aromatic N) is 4. The van der Waals surface area contributed by atoms with Gasteiger partial charge in [-0.2, -0.15) is 5.10 Å². The highest BCUT2D eigenvalue weighted by molar-refractivity contribution is 6.31. The lowest BCUT2D eigenvalue weighted by atomic mass is 10.1. The number of anilines is 1. The number of likely N-dealkylation sites (N-methyl/N-ethyl adjacent to an activating group) is 1. The zero-order valence-corrected chi connectivity index (χ0v) is 16.6. The quantitative estimate of drug-likeness (QED) is 0.826. The highest BCUT2D eigenvalue weighted by Crippen LogP contribution is 2.21. The van der Waals surface area contributed by atoms with Crippen LogP contribution in [0.5, 0.6) is 0 Å². The van der Waals surface area contributed by atoms with Gasteiger partial charge >= 0.3 is 6.03 Å². The van der Waals surface area contributed by atoms with Crippen molar-refractivity contribution in [3.8, 4) is 0 Å². The number of hydrogen-bond donors (Lipinski definition) is 1. The number of aromatic nitrogens is 2. The fourth-order valence-corrected chi connectivity index (χ4v) is 3.63. The molecule has 0 bridgehead atoms. The van der Waals surface area contributed by atoms with Crippen molar-refractivity contribution in [1.29, 1.82) is 0 Å². The summed E-state index contributed by atoms with van der Waals surface area (Å²) in [6.07, 6.45) is 3.40. The smallest absolute Gasteiger partial charge is 0.317 e. The first-order valence-corrected chi connectivity index (χ1v) is 9.78. The molecule has 1 aliphatic heterocycles. The van der Waals surface area contributed by atoms with E-state index in [2.05, 4.69) is 26.5 Å². The van der Waals surface area contributed by atoms with Crippen molar-refractivity contribution in [2.24, 2.45) is 0 Å². The van der Waals surface area contributed by atoms with E-state index in [1.165, 1.54) is 5.56 Å². The van der Waals surface area contributed by atoms with Gasteiger partial charge < -0.3 is 15.1 Å². The second kappa shape index (κ2) is 9.04. The Bertz CT molecular complexity index is 770. The van der Waals surface area contributed by atoms with Crippen LogP contribution < -0.4 is 10.2 Å². The third-order valence-corrected chi connectivity index (χ3v) is 5.42. The van der Waals surface area contributed by atoms with Gasteiger partial charge in [-0.3, -0.25) is 0 Å². The van der Waals surface area contributed by atoms with Crippen molar-refractivity contribution in [2.45, 2.75) is 32.7 Å². The summed E-state index contributed by atoms with van der Waals surface area (Å²) in [7, 11) is 0. The van der Waals surface area contributed by atoms with Crippen LogP contribution in [0.3, 0.4) is 0 Å². The molecule has 1 aromatic carbocycles. The molecule has 1 saturated heterocycles. The molecule has 2 aromatic rings. The molecule has 1 aromatic heterocycles. The Hall–Kier alpha value is -2.34. The molecular formula is C20H26ClN5O. The first-order valence-electron chi connectivity index (χ1n) is 9.40. The summed E-state index contributed by atoms with van der Waals surface area (Å²) in [5.74, 6) is 0.870. The molecule has 1 aliphatic rings. The topological polar surface area (TPSA) is 61.4 Å². The standard InChI is InChI=1S/C20H26ClN5O/c1-3-26(17-9-12-25(14-17)19-5-4-10-23-24-19)20(27)22-11-8-16-6-7-18(21)15(2)13-16/h4-7,10,13,17H,3,8-9,11-12,14H2,1-2H3,(H,22,27)/t17-/m0/s1. The number of benzene rings is 1. The van der Waals surface area contributed by atoms with Crippen LogP contribution >= 0.6 is 11.6 Å². The fourth-order valence-electron chi connectivity index (χ4n) is 3.51. The summed E-state index contributed by atoms with van der Waals surface area (Å²) in [6.45, 7) is 6.98. The molecule has 0 aliphatic carbocycles. The van der Waals surface area contributed by atoms with Crippen molar-refractivity contribution in [3.05, 3.63) is 52.7 Å². The minimum Gasteiger partial charge on any atom is -0.353 e. The zero-order valence-electron chi connectivity index (χ0n) is 15.9. The van der Waals surface area contributed by atoms with Gasteiger partial charge in [0, 0.05) is 37.4 Å². The van der Waals surface area contributed by atoms with Crippen LogP contribution in [0.25, 0.3) is 0 Å². The SMILES string of the molecule is CCN(C(=O)NCCc1ccc(Cl)c(C)c1)[C@H]1CCN(c2cccnn2)C1. The molecule has 0 saturated carbocycles. The molecule has 27 heavy (non-hydrogen) atoms. The minimum atomic E-state index is -0.00539. The van der Waals surface area contributed by atoms with E-state index in [0.29, 0.717) is 13.1 Å². The third-order valence-electron chi connectivity index (χ3n) is 5.00. The van der Waals surface area contributed by atoms with Crippen LogP contribution in [-0.4, -0.2) is 53.3 Å². The monoisotopic (exact) mass is 387 g/mol. The number of urea groups is 1. The largest absolute Gasteiger partial charge is 0.353 e. The highest BCUT2D eigenvalue weighted by Gasteiger charge is 2.30.